The van der Waals surface area contributed by atoms with Gasteiger partial charge < -0.3 is 14.5 Å². The van der Waals surface area contributed by atoms with Gasteiger partial charge in [-0.1, -0.05) is 0 Å². The zero-order valence-electron chi connectivity index (χ0n) is 10.8. The molecule has 18 heavy (non-hydrogen) atoms. The highest BCUT2D eigenvalue weighted by molar-refractivity contribution is 5.94. The van der Waals surface area contributed by atoms with E-state index in [1.165, 1.54) is 0 Å². The summed E-state index contributed by atoms with van der Waals surface area (Å²) in [5.74, 6) is 0.890. The molecule has 1 heterocycles. The molecule has 0 unspecified atom stereocenters. The molecule has 0 N–H and O–H groups in total. The fraction of sp³-hybridized carbons (Fsp3) is 0.462. The van der Waals surface area contributed by atoms with Crippen molar-refractivity contribution in [1.82, 2.24) is 9.80 Å². The first-order valence-corrected chi connectivity index (χ1v) is 5.82. The van der Waals surface area contributed by atoms with Crippen molar-refractivity contribution >= 4 is 18.3 Å². The van der Waals surface area contributed by atoms with Gasteiger partial charge in [0.25, 0.3) is 5.91 Å². The number of piperazine rings is 1. The minimum Gasteiger partial charge on any atom is -0.497 e. The fourth-order valence-corrected chi connectivity index (χ4v) is 1.93. The lowest BCUT2D eigenvalue weighted by Gasteiger charge is -2.32. The molecule has 5 heteroatoms. The lowest BCUT2D eigenvalue weighted by atomic mass is 10.1. The van der Waals surface area contributed by atoms with Crippen molar-refractivity contribution in [1.29, 1.82) is 0 Å². The molecule has 1 aromatic carbocycles. The van der Waals surface area contributed by atoms with Gasteiger partial charge in [-0.05, 0) is 31.3 Å². The fourth-order valence-electron chi connectivity index (χ4n) is 1.93. The number of hydrogen-bond acceptors (Lipinski definition) is 3. The molecule has 1 fully saturated rings. The molecule has 0 radical (unpaired) electrons. The van der Waals surface area contributed by atoms with Crippen molar-refractivity contribution in [2.45, 2.75) is 0 Å². The Morgan fingerprint density at radius 2 is 1.67 bits per heavy atom. The number of hydrogen-bond donors (Lipinski definition) is 0. The van der Waals surface area contributed by atoms with Crippen molar-refractivity contribution < 1.29 is 9.53 Å². The van der Waals surface area contributed by atoms with Crippen molar-refractivity contribution in [3.05, 3.63) is 29.8 Å². The molecule has 2 rings (SSSR count). The van der Waals surface area contributed by atoms with Crippen LogP contribution in [-0.4, -0.2) is 56.0 Å². The van der Waals surface area contributed by atoms with E-state index in [9.17, 15) is 4.79 Å². The lowest BCUT2D eigenvalue weighted by molar-refractivity contribution is 0.0664. The largest absolute Gasteiger partial charge is 0.497 e. The molecule has 0 aromatic heterocycles. The van der Waals surface area contributed by atoms with E-state index in [1.807, 2.05) is 29.2 Å². The molecule has 0 bridgehead atoms. The zero-order valence-corrected chi connectivity index (χ0v) is 11.6. The Hall–Kier alpha value is -1.26. The van der Waals surface area contributed by atoms with Crippen molar-refractivity contribution in [3.8, 4) is 5.75 Å². The number of methoxy groups -OCH3 is 1. The van der Waals surface area contributed by atoms with Gasteiger partial charge >= 0.3 is 0 Å². The summed E-state index contributed by atoms with van der Waals surface area (Å²) >= 11 is 0. The topological polar surface area (TPSA) is 32.8 Å². The average Bonchev–Trinajstić information content (AvgIpc) is 2.39. The van der Waals surface area contributed by atoms with Crippen LogP contribution in [0.15, 0.2) is 24.3 Å². The number of halogens is 1. The maximum Gasteiger partial charge on any atom is 0.253 e. The Morgan fingerprint density at radius 3 is 2.17 bits per heavy atom. The second-order valence-electron chi connectivity index (χ2n) is 4.32. The maximum atomic E-state index is 12.2. The molecule has 1 saturated heterocycles. The van der Waals surface area contributed by atoms with E-state index in [0.29, 0.717) is 0 Å². The van der Waals surface area contributed by atoms with Crippen LogP contribution >= 0.6 is 12.4 Å². The highest BCUT2D eigenvalue weighted by Crippen LogP contribution is 2.13. The van der Waals surface area contributed by atoms with Crippen LogP contribution in [0.1, 0.15) is 10.4 Å². The molecular weight excluding hydrogens is 252 g/mol. The summed E-state index contributed by atoms with van der Waals surface area (Å²) in [5, 5.41) is 0. The van der Waals surface area contributed by atoms with Crippen LogP contribution in [0.25, 0.3) is 0 Å². The summed E-state index contributed by atoms with van der Waals surface area (Å²) in [6.07, 6.45) is 0. The smallest absolute Gasteiger partial charge is 0.253 e. The van der Waals surface area contributed by atoms with Crippen molar-refractivity contribution in [2.75, 3.05) is 40.3 Å². The average molecular weight is 271 g/mol. The highest BCUT2D eigenvalue weighted by Gasteiger charge is 2.19. The van der Waals surface area contributed by atoms with Gasteiger partial charge in [0.05, 0.1) is 7.11 Å². The molecule has 100 valence electrons. The van der Waals surface area contributed by atoms with Crippen molar-refractivity contribution in [3.63, 3.8) is 0 Å². The molecule has 1 aliphatic rings. The standard InChI is InChI=1S/C13H18N2O2.ClH/c1-14-7-9-15(10-8-14)13(16)11-3-5-12(17-2)6-4-11;/h3-6H,7-10H2,1-2H3;1H. The summed E-state index contributed by atoms with van der Waals surface area (Å²) in [6.45, 7) is 3.51. The number of amides is 1. The molecule has 1 aromatic rings. The number of carbonyl (C=O) groups excluding carboxylic acids is 1. The molecule has 4 nitrogen and oxygen atoms in total. The predicted molar refractivity (Wildman–Crippen MR) is 73.6 cm³/mol. The van der Waals surface area contributed by atoms with E-state index in [-0.39, 0.29) is 18.3 Å². The van der Waals surface area contributed by atoms with Gasteiger partial charge in [0.15, 0.2) is 0 Å². The second-order valence-corrected chi connectivity index (χ2v) is 4.32. The molecule has 0 spiro atoms. The van der Waals surface area contributed by atoms with Gasteiger partial charge in [-0.25, -0.2) is 0 Å². The van der Waals surface area contributed by atoms with Crippen molar-refractivity contribution in [2.24, 2.45) is 0 Å². The van der Waals surface area contributed by atoms with Crippen LogP contribution in [0.2, 0.25) is 0 Å². The number of ether oxygens (including phenoxy) is 1. The molecule has 1 amide bonds. The van der Waals surface area contributed by atoms with E-state index in [1.54, 1.807) is 7.11 Å². The van der Waals surface area contributed by atoms with Gasteiger partial charge in [-0.3, -0.25) is 4.79 Å². The van der Waals surface area contributed by atoms with Gasteiger partial charge in [0.2, 0.25) is 0 Å². The van der Waals surface area contributed by atoms with Gasteiger partial charge in [-0.15, -0.1) is 12.4 Å². The number of benzene rings is 1. The summed E-state index contributed by atoms with van der Waals surface area (Å²) in [4.78, 5) is 16.3. The van der Waals surface area contributed by atoms with Crippen LogP contribution in [-0.2, 0) is 0 Å². The lowest BCUT2D eigenvalue weighted by Crippen LogP contribution is -2.47. The quantitative estimate of drug-likeness (QED) is 0.817. The van der Waals surface area contributed by atoms with E-state index < -0.39 is 0 Å². The number of nitrogens with zero attached hydrogens (tertiary/aromatic N) is 2. The Labute approximate surface area is 114 Å². The number of rotatable bonds is 2. The summed E-state index contributed by atoms with van der Waals surface area (Å²) in [6, 6.07) is 7.28. The van der Waals surface area contributed by atoms with Crippen LogP contribution < -0.4 is 4.74 Å². The first-order valence-electron chi connectivity index (χ1n) is 5.82. The van der Waals surface area contributed by atoms with Crippen LogP contribution in [0.3, 0.4) is 0 Å². The first-order chi connectivity index (χ1) is 8.20. The molecule has 1 aliphatic heterocycles. The van der Waals surface area contributed by atoms with E-state index >= 15 is 0 Å². The predicted octanol–water partition coefficient (Wildman–Crippen LogP) is 1.50. The minimum absolute atomic E-state index is 0. The van der Waals surface area contributed by atoms with Crippen LogP contribution in [0.4, 0.5) is 0 Å². The third-order valence-electron chi connectivity index (χ3n) is 3.13. The van der Waals surface area contributed by atoms with Crippen LogP contribution in [0.5, 0.6) is 5.75 Å². The molecular formula is C13H19ClN2O2. The minimum atomic E-state index is 0. The Kier molecular flexibility index (Phi) is 5.44. The monoisotopic (exact) mass is 270 g/mol. The summed E-state index contributed by atoms with van der Waals surface area (Å²) in [5.41, 5.74) is 0.732. The van der Waals surface area contributed by atoms with E-state index in [4.69, 9.17) is 4.74 Å². The van der Waals surface area contributed by atoms with Gasteiger partial charge in [-0.2, -0.15) is 0 Å². The summed E-state index contributed by atoms with van der Waals surface area (Å²) in [7, 11) is 3.70. The zero-order chi connectivity index (χ0) is 12.3. The molecule has 0 saturated carbocycles. The Balaban J connectivity index is 0.00000162. The molecule has 0 aliphatic carbocycles. The third-order valence-corrected chi connectivity index (χ3v) is 3.13. The third kappa shape index (κ3) is 3.37. The Bertz CT molecular complexity index is 386. The highest BCUT2D eigenvalue weighted by atomic mass is 35.5. The van der Waals surface area contributed by atoms with Gasteiger partial charge in [0.1, 0.15) is 5.75 Å². The summed E-state index contributed by atoms with van der Waals surface area (Å²) < 4.78 is 5.08. The Morgan fingerprint density at radius 1 is 1.11 bits per heavy atom. The second kappa shape index (κ2) is 6.61. The SMILES string of the molecule is COc1ccc(C(=O)N2CCN(C)CC2)cc1.Cl. The first kappa shape index (κ1) is 14.8. The van der Waals surface area contributed by atoms with Gasteiger partial charge in [0, 0.05) is 31.7 Å². The normalized spacial score (nSPS) is 16.0. The van der Waals surface area contributed by atoms with E-state index in [2.05, 4.69) is 11.9 Å². The maximum absolute atomic E-state index is 12.2. The van der Waals surface area contributed by atoms with E-state index in [0.717, 1.165) is 37.5 Å². The number of carbonyl (C=O) groups is 1. The van der Waals surface area contributed by atoms with Crippen LogP contribution in [0, 0.1) is 0 Å². The molecule has 0 atom stereocenters. The number of likely N-dealkylation sites (N-methyl/N-ethyl adjacent to an activating group) is 1.